The summed E-state index contributed by atoms with van der Waals surface area (Å²) >= 11 is 3.34. The molecular formula is C10H11BrO2. The van der Waals surface area contributed by atoms with E-state index in [0.717, 1.165) is 16.3 Å². The van der Waals surface area contributed by atoms with Crippen molar-refractivity contribution in [3.8, 4) is 0 Å². The summed E-state index contributed by atoms with van der Waals surface area (Å²) in [6.07, 6.45) is 0.800. The highest BCUT2D eigenvalue weighted by molar-refractivity contribution is 9.10. The van der Waals surface area contributed by atoms with Gasteiger partial charge in [0.25, 0.3) is 0 Å². The van der Waals surface area contributed by atoms with Gasteiger partial charge in [-0.15, -0.1) is 0 Å². The molecule has 0 amide bonds. The van der Waals surface area contributed by atoms with Crippen LogP contribution in [0.2, 0.25) is 0 Å². The molecule has 3 heteroatoms. The summed E-state index contributed by atoms with van der Waals surface area (Å²) in [5, 5.41) is 0. The van der Waals surface area contributed by atoms with Gasteiger partial charge in [-0.05, 0) is 24.6 Å². The van der Waals surface area contributed by atoms with Crippen molar-refractivity contribution in [1.29, 1.82) is 0 Å². The van der Waals surface area contributed by atoms with E-state index in [2.05, 4.69) is 15.9 Å². The minimum Gasteiger partial charge on any atom is -0.366 e. The number of benzene rings is 1. The first-order valence-corrected chi connectivity index (χ1v) is 4.69. The maximum atomic E-state index is 10.8. The second kappa shape index (κ2) is 4.03. The maximum absolute atomic E-state index is 10.8. The zero-order valence-electron chi connectivity index (χ0n) is 7.58. The van der Waals surface area contributed by atoms with Gasteiger partial charge in [0.15, 0.2) is 6.29 Å². The third-order valence-electron chi connectivity index (χ3n) is 2.05. The van der Waals surface area contributed by atoms with E-state index in [9.17, 15) is 4.79 Å². The molecule has 0 fully saturated rings. The molecule has 0 heterocycles. The molecule has 1 aromatic rings. The number of methoxy groups -OCH3 is 1. The van der Waals surface area contributed by atoms with Crippen LogP contribution in [0.15, 0.2) is 28.7 Å². The summed E-state index contributed by atoms with van der Waals surface area (Å²) in [6, 6.07) is 7.52. The van der Waals surface area contributed by atoms with Crippen molar-refractivity contribution in [1.82, 2.24) is 0 Å². The van der Waals surface area contributed by atoms with Gasteiger partial charge in [-0.3, -0.25) is 4.79 Å². The van der Waals surface area contributed by atoms with Gasteiger partial charge in [-0.2, -0.15) is 0 Å². The highest BCUT2D eigenvalue weighted by Gasteiger charge is 2.25. The van der Waals surface area contributed by atoms with Crippen molar-refractivity contribution in [3.05, 3.63) is 34.3 Å². The lowest BCUT2D eigenvalue weighted by Crippen LogP contribution is -2.25. The average molecular weight is 243 g/mol. The Balaban J connectivity index is 3.12. The molecule has 1 unspecified atom stereocenters. The number of halogens is 1. The lowest BCUT2D eigenvalue weighted by atomic mass is 9.98. The van der Waals surface area contributed by atoms with Gasteiger partial charge in [0, 0.05) is 11.6 Å². The zero-order chi connectivity index (χ0) is 9.90. The Morgan fingerprint density at radius 1 is 1.54 bits per heavy atom. The Kier molecular flexibility index (Phi) is 3.22. The normalized spacial score (nSPS) is 15.0. The van der Waals surface area contributed by atoms with Crippen LogP contribution in [0.1, 0.15) is 12.5 Å². The summed E-state index contributed by atoms with van der Waals surface area (Å²) < 4.78 is 6.08. The van der Waals surface area contributed by atoms with Gasteiger partial charge in [0.05, 0.1) is 0 Å². The van der Waals surface area contributed by atoms with Crippen LogP contribution in [-0.2, 0) is 15.1 Å². The molecule has 0 N–H and O–H groups in total. The first kappa shape index (κ1) is 10.4. The SMILES string of the molecule is COC(C)(C=O)c1cccc(Br)c1. The molecule has 0 saturated heterocycles. The maximum Gasteiger partial charge on any atom is 0.156 e. The van der Waals surface area contributed by atoms with Crippen LogP contribution in [0.25, 0.3) is 0 Å². The third-order valence-corrected chi connectivity index (χ3v) is 2.54. The van der Waals surface area contributed by atoms with E-state index in [1.54, 1.807) is 6.92 Å². The molecule has 0 aromatic heterocycles. The van der Waals surface area contributed by atoms with Gasteiger partial charge < -0.3 is 4.74 Å². The third kappa shape index (κ3) is 2.17. The van der Waals surface area contributed by atoms with E-state index >= 15 is 0 Å². The molecule has 0 bridgehead atoms. The average Bonchev–Trinajstić information content (AvgIpc) is 2.17. The van der Waals surface area contributed by atoms with Crippen molar-refractivity contribution in [2.45, 2.75) is 12.5 Å². The molecule has 1 rings (SSSR count). The first-order chi connectivity index (χ1) is 6.12. The Bertz CT molecular complexity index is 312. The molecular weight excluding hydrogens is 232 g/mol. The largest absolute Gasteiger partial charge is 0.366 e. The Morgan fingerprint density at radius 3 is 2.69 bits per heavy atom. The summed E-state index contributed by atoms with van der Waals surface area (Å²) in [7, 11) is 1.52. The van der Waals surface area contributed by atoms with Crippen LogP contribution in [0.4, 0.5) is 0 Å². The second-order valence-electron chi connectivity index (χ2n) is 2.94. The smallest absolute Gasteiger partial charge is 0.156 e. The van der Waals surface area contributed by atoms with E-state index < -0.39 is 5.60 Å². The molecule has 1 aromatic carbocycles. The quantitative estimate of drug-likeness (QED) is 0.762. The summed E-state index contributed by atoms with van der Waals surface area (Å²) in [5.41, 5.74) is 0.00317. The molecule has 0 saturated carbocycles. The summed E-state index contributed by atoms with van der Waals surface area (Å²) in [4.78, 5) is 10.8. The monoisotopic (exact) mass is 242 g/mol. The van der Waals surface area contributed by atoms with E-state index in [1.165, 1.54) is 7.11 Å². The van der Waals surface area contributed by atoms with Crippen molar-refractivity contribution in [2.24, 2.45) is 0 Å². The van der Waals surface area contributed by atoms with Gasteiger partial charge in [-0.25, -0.2) is 0 Å². The van der Waals surface area contributed by atoms with Crippen molar-refractivity contribution in [2.75, 3.05) is 7.11 Å². The molecule has 2 nitrogen and oxygen atoms in total. The van der Waals surface area contributed by atoms with Crippen LogP contribution < -0.4 is 0 Å². The molecule has 0 aliphatic rings. The van der Waals surface area contributed by atoms with Crippen LogP contribution in [-0.4, -0.2) is 13.4 Å². The predicted octanol–water partition coefficient (Wildman–Crippen LogP) is 2.51. The number of ether oxygens (including phenoxy) is 1. The van der Waals surface area contributed by atoms with E-state index in [4.69, 9.17) is 4.74 Å². The van der Waals surface area contributed by atoms with E-state index in [0.29, 0.717) is 0 Å². The number of hydrogen-bond acceptors (Lipinski definition) is 2. The fourth-order valence-electron chi connectivity index (χ4n) is 1.03. The second-order valence-corrected chi connectivity index (χ2v) is 3.86. The highest BCUT2D eigenvalue weighted by Crippen LogP contribution is 2.24. The van der Waals surface area contributed by atoms with Crippen molar-refractivity contribution in [3.63, 3.8) is 0 Å². The molecule has 0 radical (unpaired) electrons. The Labute approximate surface area is 86.0 Å². The minimum absolute atomic E-state index is 0.800. The van der Waals surface area contributed by atoms with Crippen LogP contribution in [0, 0.1) is 0 Å². The van der Waals surface area contributed by atoms with Gasteiger partial charge in [0.1, 0.15) is 5.60 Å². The van der Waals surface area contributed by atoms with Crippen LogP contribution >= 0.6 is 15.9 Å². The topological polar surface area (TPSA) is 26.3 Å². The first-order valence-electron chi connectivity index (χ1n) is 3.90. The molecule has 0 aliphatic carbocycles. The molecule has 1 atom stereocenters. The van der Waals surface area contributed by atoms with E-state index in [-0.39, 0.29) is 0 Å². The lowest BCUT2D eigenvalue weighted by molar-refractivity contribution is -0.126. The van der Waals surface area contributed by atoms with Crippen molar-refractivity contribution < 1.29 is 9.53 Å². The Hall–Kier alpha value is -0.670. The van der Waals surface area contributed by atoms with Crippen molar-refractivity contribution >= 4 is 22.2 Å². The molecule has 0 spiro atoms. The fourth-order valence-corrected chi connectivity index (χ4v) is 1.43. The molecule has 13 heavy (non-hydrogen) atoms. The highest BCUT2D eigenvalue weighted by atomic mass is 79.9. The number of hydrogen-bond donors (Lipinski definition) is 0. The lowest BCUT2D eigenvalue weighted by Gasteiger charge is -2.21. The predicted molar refractivity (Wildman–Crippen MR) is 54.6 cm³/mol. The standard InChI is InChI=1S/C10H11BrO2/c1-10(7-12,13-2)8-4-3-5-9(11)6-8/h3-7H,1-2H3. The number of rotatable bonds is 3. The zero-order valence-corrected chi connectivity index (χ0v) is 9.17. The number of aldehydes is 1. The fraction of sp³-hybridized carbons (Fsp3) is 0.300. The Morgan fingerprint density at radius 2 is 2.23 bits per heavy atom. The number of carbonyl (C=O) groups is 1. The van der Waals surface area contributed by atoms with Gasteiger partial charge >= 0.3 is 0 Å². The number of carbonyl (C=O) groups excluding carboxylic acids is 1. The van der Waals surface area contributed by atoms with Gasteiger partial charge in [0.2, 0.25) is 0 Å². The van der Waals surface area contributed by atoms with Crippen LogP contribution in [0.3, 0.4) is 0 Å². The molecule has 0 aliphatic heterocycles. The van der Waals surface area contributed by atoms with Crippen LogP contribution in [0.5, 0.6) is 0 Å². The summed E-state index contributed by atoms with van der Waals surface area (Å²) in [5.74, 6) is 0. The minimum atomic E-state index is -0.843. The summed E-state index contributed by atoms with van der Waals surface area (Å²) in [6.45, 7) is 1.74. The molecule has 70 valence electrons. The van der Waals surface area contributed by atoms with Gasteiger partial charge in [-0.1, -0.05) is 28.1 Å². The van der Waals surface area contributed by atoms with E-state index in [1.807, 2.05) is 24.3 Å².